The molecule has 1 N–H and O–H groups in total. The van der Waals surface area contributed by atoms with Gasteiger partial charge in [0.15, 0.2) is 5.78 Å². The van der Waals surface area contributed by atoms with Gasteiger partial charge in [-0.1, -0.05) is 60.7 Å². The highest BCUT2D eigenvalue weighted by Gasteiger charge is 2.21. The SMILES string of the molecule is CC(=O)c1ccc(C(=O)OC(Cc2ccccc2)c2ccccc2)cc1C(=O)O. The van der Waals surface area contributed by atoms with Gasteiger partial charge in [-0.3, -0.25) is 4.79 Å². The molecule has 1 atom stereocenters. The van der Waals surface area contributed by atoms with Crippen LogP contribution in [0.5, 0.6) is 0 Å². The lowest BCUT2D eigenvalue weighted by Crippen LogP contribution is -2.15. The number of carbonyl (C=O) groups is 3. The van der Waals surface area contributed by atoms with Crippen LogP contribution in [0, 0.1) is 0 Å². The number of esters is 1. The number of hydrogen-bond donors (Lipinski definition) is 1. The molecule has 3 rings (SSSR count). The number of rotatable bonds is 7. The van der Waals surface area contributed by atoms with Crippen molar-refractivity contribution in [3.63, 3.8) is 0 Å². The van der Waals surface area contributed by atoms with E-state index in [1.165, 1.54) is 25.1 Å². The van der Waals surface area contributed by atoms with Gasteiger partial charge in [0.25, 0.3) is 0 Å². The summed E-state index contributed by atoms with van der Waals surface area (Å²) in [5.74, 6) is -2.30. The summed E-state index contributed by atoms with van der Waals surface area (Å²) in [6.07, 6.45) is -0.0552. The van der Waals surface area contributed by atoms with Gasteiger partial charge in [0.2, 0.25) is 0 Å². The lowest BCUT2D eigenvalue weighted by atomic mass is 10.00. The Morgan fingerprint density at radius 1 is 0.862 bits per heavy atom. The molecule has 1 unspecified atom stereocenters. The second-order valence-corrected chi connectivity index (χ2v) is 6.62. The number of hydrogen-bond acceptors (Lipinski definition) is 4. The molecule has 146 valence electrons. The highest BCUT2D eigenvalue weighted by molar-refractivity contribution is 6.06. The van der Waals surface area contributed by atoms with Crippen molar-refractivity contribution in [2.75, 3.05) is 0 Å². The van der Waals surface area contributed by atoms with Crippen LogP contribution in [-0.4, -0.2) is 22.8 Å². The monoisotopic (exact) mass is 388 g/mol. The Hall–Kier alpha value is -3.73. The molecular weight excluding hydrogens is 368 g/mol. The Morgan fingerprint density at radius 3 is 2.07 bits per heavy atom. The van der Waals surface area contributed by atoms with Crippen LogP contribution in [0.25, 0.3) is 0 Å². The van der Waals surface area contributed by atoms with Crippen LogP contribution in [0.3, 0.4) is 0 Å². The summed E-state index contributed by atoms with van der Waals surface area (Å²) in [6, 6.07) is 23.0. The van der Waals surface area contributed by atoms with E-state index in [0.717, 1.165) is 11.1 Å². The second kappa shape index (κ2) is 8.97. The van der Waals surface area contributed by atoms with E-state index in [1.54, 1.807) is 0 Å². The van der Waals surface area contributed by atoms with Crippen molar-refractivity contribution in [3.05, 3.63) is 107 Å². The molecule has 5 heteroatoms. The minimum absolute atomic E-state index is 0.0537. The molecule has 0 spiro atoms. The van der Waals surface area contributed by atoms with E-state index in [4.69, 9.17) is 4.74 Å². The Kier molecular flexibility index (Phi) is 6.19. The van der Waals surface area contributed by atoms with Gasteiger partial charge < -0.3 is 9.84 Å². The predicted octanol–water partition coefficient (Wildman–Crippen LogP) is 4.73. The molecular formula is C24H20O5. The average molecular weight is 388 g/mol. The van der Waals surface area contributed by atoms with Gasteiger partial charge in [-0.2, -0.15) is 0 Å². The van der Waals surface area contributed by atoms with Crippen molar-refractivity contribution in [1.29, 1.82) is 0 Å². The van der Waals surface area contributed by atoms with E-state index < -0.39 is 18.0 Å². The van der Waals surface area contributed by atoms with E-state index in [2.05, 4.69) is 0 Å². The molecule has 3 aromatic rings. The van der Waals surface area contributed by atoms with Crippen LogP contribution in [0.2, 0.25) is 0 Å². The minimum atomic E-state index is -1.27. The standard InChI is InChI=1S/C24H20O5/c1-16(25)20-13-12-19(15-21(20)23(26)27)24(28)29-22(18-10-6-3-7-11-18)14-17-8-4-2-5-9-17/h2-13,15,22H,14H2,1H3,(H,26,27). The van der Waals surface area contributed by atoms with Gasteiger partial charge in [0.1, 0.15) is 6.10 Å². The van der Waals surface area contributed by atoms with Crippen molar-refractivity contribution >= 4 is 17.7 Å². The van der Waals surface area contributed by atoms with Crippen LogP contribution in [0.4, 0.5) is 0 Å². The summed E-state index contributed by atoms with van der Waals surface area (Å²) in [5, 5.41) is 9.37. The van der Waals surface area contributed by atoms with E-state index in [0.29, 0.717) is 6.42 Å². The molecule has 3 aromatic carbocycles. The summed E-state index contributed by atoms with van der Waals surface area (Å²) in [6.45, 7) is 1.28. The summed E-state index contributed by atoms with van der Waals surface area (Å²) in [4.78, 5) is 35.9. The van der Waals surface area contributed by atoms with E-state index in [-0.39, 0.29) is 22.5 Å². The first-order chi connectivity index (χ1) is 14.0. The molecule has 0 heterocycles. The number of carbonyl (C=O) groups excluding carboxylic acids is 2. The van der Waals surface area contributed by atoms with Crippen molar-refractivity contribution in [1.82, 2.24) is 0 Å². The molecule has 0 fully saturated rings. The highest BCUT2D eigenvalue weighted by Crippen LogP contribution is 2.24. The zero-order valence-electron chi connectivity index (χ0n) is 15.9. The molecule has 0 bridgehead atoms. The highest BCUT2D eigenvalue weighted by atomic mass is 16.5. The van der Waals surface area contributed by atoms with Crippen molar-refractivity contribution in [2.45, 2.75) is 19.4 Å². The normalized spacial score (nSPS) is 11.5. The molecule has 29 heavy (non-hydrogen) atoms. The first-order valence-corrected chi connectivity index (χ1v) is 9.14. The third kappa shape index (κ3) is 4.96. The first kappa shape index (κ1) is 20.0. The number of Topliss-reactive ketones (excluding diaryl/α,β-unsaturated/α-hetero) is 1. The van der Waals surface area contributed by atoms with Gasteiger partial charge in [-0.15, -0.1) is 0 Å². The zero-order chi connectivity index (χ0) is 20.8. The van der Waals surface area contributed by atoms with Gasteiger partial charge in [-0.25, -0.2) is 9.59 Å². The average Bonchev–Trinajstić information content (AvgIpc) is 2.74. The molecule has 0 aliphatic heterocycles. The van der Waals surface area contributed by atoms with E-state index in [1.807, 2.05) is 60.7 Å². The number of aromatic carboxylic acids is 1. The summed E-state index contributed by atoms with van der Waals surface area (Å²) >= 11 is 0. The Balaban J connectivity index is 1.89. The largest absolute Gasteiger partial charge is 0.478 e. The maximum absolute atomic E-state index is 12.8. The number of carboxylic acids is 1. The van der Waals surface area contributed by atoms with Crippen molar-refractivity contribution in [3.8, 4) is 0 Å². The fourth-order valence-electron chi connectivity index (χ4n) is 3.08. The smallest absolute Gasteiger partial charge is 0.338 e. The summed E-state index contributed by atoms with van der Waals surface area (Å²) in [7, 11) is 0. The zero-order valence-corrected chi connectivity index (χ0v) is 15.9. The molecule has 0 radical (unpaired) electrons. The molecule has 5 nitrogen and oxygen atoms in total. The molecule has 0 saturated heterocycles. The predicted molar refractivity (Wildman–Crippen MR) is 108 cm³/mol. The van der Waals surface area contributed by atoms with E-state index in [9.17, 15) is 19.5 Å². The fraction of sp³-hybridized carbons (Fsp3) is 0.125. The molecule has 0 aromatic heterocycles. The van der Waals surface area contributed by atoms with Gasteiger partial charge in [0, 0.05) is 12.0 Å². The molecule has 0 amide bonds. The summed E-state index contributed by atoms with van der Waals surface area (Å²) < 4.78 is 5.74. The lowest BCUT2D eigenvalue weighted by Gasteiger charge is -2.19. The molecule has 0 aliphatic rings. The number of ether oxygens (including phenoxy) is 1. The maximum Gasteiger partial charge on any atom is 0.338 e. The van der Waals surface area contributed by atoms with E-state index >= 15 is 0 Å². The third-order valence-electron chi connectivity index (χ3n) is 4.55. The number of carboxylic acid groups (broad SMARTS) is 1. The molecule has 0 aliphatic carbocycles. The Bertz CT molecular complexity index is 1030. The van der Waals surface area contributed by atoms with Crippen LogP contribution in [0.15, 0.2) is 78.9 Å². The Labute approximate surface area is 168 Å². The Morgan fingerprint density at radius 2 is 1.48 bits per heavy atom. The minimum Gasteiger partial charge on any atom is -0.478 e. The quantitative estimate of drug-likeness (QED) is 0.468. The topological polar surface area (TPSA) is 80.7 Å². The maximum atomic E-state index is 12.8. The van der Waals surface area contributed by atoms with Crippen LogP contribution in [0.1, 0.15) is 55.2 Å². The van der Waals surface area contributed by atoms with Gasteiger partial charge >= 0.3 is 11.9 Å². The third-order valence-corrected chi connectivity index (χ3v) is 4.55. The number of benzene rings is 3. The van der Waals surface area contributed by atoms with Crippen LogP contribution in [-0.2, 0) is 11.2 Å². The number of ketones is 1. The molecule has 0 saturated carbocycles. The first-order valence-electron chi connectivity index (χ1n) is 9.14. The summed E-state index contributed by atoms with van der Waals surface area (Å²) in [5.41, 5.74) is 1.77. The van der Waals surface area contributed by atoms with Crippen LogP contribution < -0.4 is 0 Å². The van der Waals surface area contributed by atoms with Gasteiger partial charge in [0.05, 0.1) is 11.1 Å². The lowest BCUT2D eigenvalue weighted by molar-refractivity contribution is 0.0297. The van der Waals surface area contributed by atoms with Crippen LogP contribution >= 0.6 is 0 Å². The van der Waals surface area contributed by atoms with Gasteiger partial charge in [-0.05, 0) is 36.2 Å². The van der Waals surface area contributed by atoms with Crippen molar-refractivity contribution < 1.29 is 24.2 Å². The van der Waals surface area contributed by atoms with Crippen molar-refractivity contribution in [2.24, 2.45) is 0 Å². The fourth-order valence-corrected chi connectivity index (χ4v) is 3.08. The second-order valence-electron chi connectivity index (χ2n) is 6.62.